The number of hydrogen-bond acceptors (Lipinski definition) is 8. The Bertz CT molecular complexity index is 1690. The molecule has 4 heterocycles. The second-order valence-corrected chi connectivity index (χ2v) is 10.4. The number of hydrogen-bond donors (Lipinski definition) is 5. The maximum absolute atomic E-state index is 13.7. The summed E-state index contributed by atoms with van der Waals surface area (Å²) >= 11 is 0. The molecule has 0 saturated carbocycles. The lowest BCUT2D eigenvalue weighted by Crippen LogP contribution is -2.43. The number of alkyl halides is 5. The van der Waals surface area contributed by atoms with Crippen LogP contribution in [0.4, 0.5) is 33.5 Å². The number of aryl methyl sites for hydroxylation is 1. The Balaban J connectivity index is 1.29. The molecule has 0 unspecified atom stereocenters. The summed E-state index contributed by atoms with van der Waals surface area (Å²) in [5.74, 6) is -0.383. The van der Waals surface area contributed by atoms with Gasteiger partial charge in [-0.05, 0) is 36.6 Å². The lowest BCUT2D eigenvalue weighted by molar-refractivity contribution is -0.141. The van der Waals surface area contributed by atoms with E-state index >= 15 is 0 Å². The third-order valence-electron chi connectivity index (χ3n) is 7.19. The normalized spacial score (nSPS) is 16.8. The summed E-state index contributed by atoms with van der Waals surface area (Å²) in [6.07, 6.45) is -2.67. The molecular weight excluding hydrogens is 605 g/mol. The monoisotopic (exact) mass is 635 g/mol. The van der Waals surface area contributed by atoms with E-state index < -0.39 is 42.5 Å². The van der Waals surface area contributed by atoms with Gasteiger partial charge in [-0.15, -0.1) is 0 Å². The number of imidazole rings is 1. The van der Waals surface area contributed by atoms with Crippen molar-refractivity contribution in [3.63, 3.8) is 0 Å². The Morgan fingerprint density at radius 3 is 2.64 bits per heavy atom. The van der Waals surface area contributed by atoms with Crippen LogP contribution in [-0.2, 0) is 23.9 Å². The van der Waals surface area contributed by atoms with Crippen LogP contribution in [0.1, 0.15) is 35.0 Å². The topological polar surface area (TPSA) is 150 Å². The maximum atomic E-state index is 13.7. The molecule has 0 aliphatic carbocycles. The van der Waals surface area contributed by atoms with E-state index in [1.165, 1.54) is 23.0 Å². The van der Waals surface area contributed by atoms with Crippen LogP contribution in [0.25, 0.3) is 16.9 Å². The molecule has 2 atom stereocenters. The van der Waals surface area contributed by atoms with Crippen molar-refractivity contribution >= 4 is 29.0 Å². The third kappa shape index (κ3) is 7.20. The van der Waals surface area contributed by atoms with Gasteiger partial charge in [0.25, 0.3) is 12.3 Å². The van der Waals surface area contributed by atoms with Crippen LogP contribution < -0.4 is 21.3 Å². The van der Waals surface area contributed by atoms with Crippen LogP contribution in [-0.4, -0.2) is 79.3 Å². The van der Waals surface area contributed by atoms with Crippen LogP contribution in [0.15, 0.2) is 43.0 Å². The number of aliphatic hydroxyl groups excluding tert-OH is 1. The van der Waals surface area contributed by atoms with Crippen molar-refractivity contribution < 1.29 is 36.6 Å². The summed E-state index contributed by atoms with van der Waals surface area (Å²) in [5, 5.41) is 24.4. The highest BCUT2D eigenvalue weighted by Gasteiger charge is 2.38. The summed E-state index contributed by atoms with van der Waals surface area (Å²) in [7, 11) is 0. The van der Waals surface area contributed by atoms with E-state index in [-0.39, 0.29) is 42.1 Å². The van der Waals surface area contributed by atoms with Gasteiger partial charge in [0, 0.05) is 49.5 Å². The number of fused-ring (bicyclic) bond motifs is 1. The number of aliphatic hydroxyl groups is 1. The number of benzene rings is 1. The van der Waals surface area contributed by atoms with E-state index in [1.54, 1.807) is 18.2 Å². The number of halogens is 5. The maximum Gasteiger partial charge on any atom is 0.435 e. The molecule has 17 heteroatoms. The highest BCUT2D eigenvalue weighted by molar-refractivity contribution is 5.96. The number of nitrogens with zero attached hydrogens (tertiary/aromatic N) is 5. The predicted octanol–water partition coefficient (Wildman–Crippen LogP) is 2.75. The fourth-order valence-electron chi connectivity index (χ4n) is 5.08. The zero-order valence-corrected chi connectivity index (χ0v) is 23.9. The van der Waals surface area contributed by atoms with Crippen molar-refractivity contribution in [3.8, 4) is 11.3 Å². The zero-order chi connectivity index (χ0) is 32.3. The molecule has 0 bridgehead atoms. The summed E-state index contributed by atoms with van der Waals surface area (Å²) in [6, 6.07) is 4.52. The van der Waals surface area contributed by atoms with Crippen molar-refractivity contribution in [3.05, 3.63) is 59.8 Å². The van der Waals surface area contributed by atoms with E-state index in [9.17, 15) is 36.6 Å². The minimum Gasteiger partial charge on any atom is -0.392 e. The summed E-state index contributed by atoms with van der Waals surface area (Å²) in [6.45, 7) is 1.62. The van der Waals surface area contributed by atoms with Gasteiger partial charge in [-0.25, -0.2) is 18.7 Å². The van der Waals surface area contributed by atoms with E-state index in [2.05, 4.69) is 36.3 Å². The SMILES string of the molecule is CCc1cc(Nc2nccn3c(-c4cn(CC(F)F)nc4C(F)(F)F)cnc23)ccc1C(=O)NCCNC(=O)[C@@H]1C[C@@H](O)CN1. The fourth-order valence-corrected chi connectivity index (χ4v) is 5.08. The first-order valence-electron chi connectivity index (χ1n) is 14.1. The molecule has 0 radical (unpaired) electrons. The molecule has 0 spiro atoms. The largest absolute Gasteiger partial charge is 0.435 e. The van der Waals surface area contributed by atoms with Crippen LogP contribution >= 0.6 is 0 Å². The number of carbonyl (C=O) groups is 2. The Kier molecular flexibility index (Phi) is 9.29. The first-order chi connectivity index (χ1) is 21.4. The molecule has 1 fully saturated rings. The quantitative estimate of drug-likeness (QED) is 0.125. The van der Waals surface area contributed by atoms with Crippen molar-refractivity contribution in [2.24, 2.45) is 0 Å². The molecule has 2 amide bonds. The smallest absolute Gasteiger partial charge is 0.392 e. The van der Waals surface area contributed by atoms with Crippen molar-refractivity contribution in [2.75, 3.05) is 25.0 Å². The number of aromatic nitrogens is 5. The average molecular weight is 636 g/mol. The number of nitrogens with one attached hydrogen (secondary N) is 4. The third-order valence-corrected chi connectivity index (χ3v) is 7.19. The lowest BCUT2D eigenvalue weighted by atomic mass is 10.0. The van der Waals surface area contributed by atoms with Gasteiger partial charge in [0.15, 0.2) is 17.2 Å². The molecule has 1 aliphatic rings. The molecule has 1 aromatic carbocycles. The molecular formula is C28H30F5N9O3. The molecule has 3 aromatic heterocycles. The first kappa shape index (κ1) is 31.8. The van der Waals surface area contributed by atoms with Gasteiger partial charge in [0.1, 0.15) is 6.54 Å². The van der Waals surface area contributed by atoms with E-state index in [1.807, 2.05) is 6.92 Å². The standard InChI is InChI=1S/C28H30F5N9O3/c1-2-15-9-16(3-4-18(15)26(44)35-5-6-36-27(45)20-10-17(43)11-37-20)39-24-25-38-12-21(42(25)8-7-34-24)19-13-41(14-22(29)30)40-23(19)28(31,32)33/h3-4,7-9,12-13,17,20,22,37,43H,2,5-6,10-11,14H2,1H3,(H,34,39)(H,35,44)(H,36,45)/t17-,20+/m1/s1. The molecule has 4 aromatic rings. The number of carbonyl (C=O) groups excluding carboxylic acids is 2. The van der Waals surface area contributed by atoms with Gasteiger partial charge >= 0.3 is 6.18 Å². The first-order valence-corrected chi connectivity index (χ1v) is 14.1. The van der Waals surface area contributed by atoms with Gasteiger partial charge in [-0.3, -0.25) is 18.7 Å². The number of β-amino-alcohol motifs (C(OH)–C–C–N with tert-alkyl or cyclic N) is 1. The van der Waals surface area contributed by atoms with E-state index in [0.717, 1.165) is 6.20 Å². The molecule has 12 nitrogen and oxygen atoms in total. The predicted molar refractivity (Wildman–Crippen MR) is 152 cm³/mol. The van der Waals surface area contributed by atoms with Crippen molar-refractivity contribution in [1.82, 2.24) is 40.1 Å². The highest BCUT2D eigenvalue weighted by atomic mass is 19.4. The summed E-state index contributed by atoms with van der Waals surface area (Å²) in [5.41, 5.74) is 0.0838. The Morgan fingerprint density at radius 2 is 1.96 bits per heavy atom. The van der Waals surface area contributed by atoms with Crippen molar-refractivity contribution in [2.45, 2.75) is 51.1 Å². The van der Waals surface area contributed by atoms with Gasteiger partial charge in [0.2, 0.25) is 5.91 Å². The second-order valence-electron chi connectivity index (χ2n) is 10.4. The van der Waals surface area contributed by atoms with E-state index in [0.29, 0.717) is 40.9 Å². The summed E-state index contributed by atoms with van der Waals surface area (Å²) < 4.78 is 68.9. The van der Waals surface area contributed by atoms with Gasteiger partial charge in [-0.2, -0.15) is 18.3 Å². The molecule has 5 N–H and O–H groups in total. The molecule has 5 rings (SSSR count). The Hall–Kier alpha value is -4.64. The number of amides is 2. The summed E-state index contributed by atoms with van der Waals surface area (Å²) in [4.78, 5) is 33.5. The van der Waals surface area contributed by atoms with Crippen LogP contribution in [0.2, 0.25) is 0 Å². The van der Waals surface area contributed by atoms with Gasteiger partial charge in [0.05, 0.1) is 29.6 Å². The van der Waals surface area contributed by atoms with Crippen molar-refractivity contribution in [1.29, 1.82) is 0 Å². The lowest BCUT2D eigenvalue weighted by Gasteiger charge is -2.14. The fraction of sp³-hybridized carbons (Fsp3) is 0.393. The van der Waals surface area contributed by atoms with Gasteiger partial charge in [-0.1, -0.05) is 6.92 Å². The Morgan fingerprint density at radius 1 is 1.18 bits per heavy atom. The van der Waals surface area contributed by atoms with Crippen LogP contribution in [0, 0.1) is 0 Å². The van der Waals surface area contributed by atoms with Gasteiger partial charge < -0.3 is 26.4 Å². The molecule has 240 valence electrons. The number of rotatable bonds is 11. The minimum absolute atomic E-state index is 0.0159. The van der Waals surface area contributed by atoms with E-state index in [4.69, 9.17) is 0 Å². The Labute approximate surface area is 253 Å². The molecule has 1 aliphatic heterocycles. The van der Waals surface area contributed by atoms with Crippen LogP contribution in [0.3, 0.4) is 0 Å². The number of anilines is 2. The molecule has 1 saturated heterocycles. The zero-order valence-electron chi connectivity index (χ0n) is 23.9. The molecule has 45 heavy (non-hydrogen) atoms. The minimum atomic E-state index is -4.89. The van der Waals surface area contributed by atoms with Crippen LogP contribution in [0.5, 0.6) is 0 Å². The average Bonchev–Trinajstić information content (AvgIpc) is 3.73. The highest BCUT2D eigenvalue weighted by Crippen LogP contribution is 2.37. The second kappa shape index (κ2) is 13.2.